The number of nitrogens with zero attached hydrogens (tertiary/aromatic N) is 1. The fourth-order valence-electron chi connectivity index (χ4n) is 2.02. The van der Waals surface area contributed by atoms with Crippen molar-refractivity contribution < 1.29 is 22.4 Å². The Morgan fingerprint density at radius 1 is 1.20 bits per heavy atom. The van der Waals surface area contributed by atoms with Crippen LogP contribution in [0.15, 0.2) is 36.4 Å². The average molecular weight is 391 g/mol. The quantitative estimate of drug-likeness (QED) is 0.737. The van der Waals surface area contributed by atoms with Gasteiger partial charge >= 0.3 is 6.18 Å². The van der Waals surface area contributed by atoms with E-state index in [1.54, 1.807) is 6.07 Å². The largest absolute Gasteiger partial charge is 0.419 e. The van der Waals surface area contributed by atoms with Crippen molar-refractivity contribution in [3.8, 4) is 6.07 Å². The molecule has 1 unspecified atom stereocenters. The molecule has 0 spiro atoms. The number of nitrogens with one attached hydrogen (secondary N) is 1. The first-order valence-corrected chi connectivity index (χ1v) is 7.42. The van der Waals surface area contributed by atoms with E-state index in [2.05, 4.69) is 5.32 Å². The number of halogens is 6. The van der Waals surface area contributed by atoms with Gasteiger partial charge in [0.1, 0.15) is 11.9 Å². The summed E-state index contributed by atoms with van der Waals surface area (Å²) in [5.74, 6) is -2.49. The zero-order chi connectivity index (χ0) is 18.8. The lowest BCUT2D eigenvalue weighted by Crippen LogP contribution is -2.28. The predicted octanol–water partition coefficient (Wildman–Crippen LogP) is 5.15. The maximum atomic E-state index is 13.3. The van der Waals surface area contributed by atoms with Gasteiger partial charge in [0.2, 0.25) is 0 Å². The van der Waals surface area contributed by atoms with Crippen LogP contribution in [0, 0.1) is 17.1 Å². The van der Waals surface area contributed by atoms with Gasteiger partial charge in [0.25, 0.3) is 5.91 Å². The van der Waals surface area contributed by atoms with Crippen LogP contribution in [-0.2, 0) is 6.18 Å². The SMILES string of the molecule is N#CC(NC(=O)c1ccc(F)c(C(F)(F)F)c1)c1cccc(Cl)c1Cl. The molecule has 2 aromatic rings. The van der Waals surface area contributed by atoms with Crippen LogP contribution in [-0.4, -0.2) is 5.91 Å². The number of alkyl halides is 3. The van der Waals surface area contributed by atoms with Gasteiger partial charge in [-0.05, 0) is 24.3 Å². The molecule has 0 aromatic heterocycles. The van der Waals surface area contributed by atoms with E-state index in [1.807, 2.05) is 0 Å². The Hall–Kier alpha value is -2.30. The molecule has 0 aliphatic heterocycles. The topological polar surface area (TPSA) is 52.9 Å². The fourth-order valence-corrected chi connectivity index (χ4v) is 2.44. The van der Waals surface area contributed by atoms with E-state index in [1.165, 1.54) is 18.2 Å². The molecule has 130 valence electrons. The number of amides is 1. The van der Waals surface area contributed by atoms with E-state index in [4.69, 9.17) is 23.2 Å². The van der Waals surface area contributed by atoms with E-state index in [0.29, 0.717) is 12.1 Å². The molecule has 1 amide bonds. The molecule has 2 rings (SSSR count). The molecule has 1 N–H and O–H groups in total. The van der Waals surface area contributed by atoms with Gasteiger partial charge in [-0.1, -0.05) is 35.3 Å². The van der Waals surface area contributed by atoms with Gasteiger partial charge in [-0.25, -0.2) is 4.39 Å². The monoisotopic (exact) mass is 390 g/mol. The zero-order valence-corrected chi connectivity index (χ0v) is 13.7. The average Bonchev–Trinajstić information content (AvgIpc) is 2.54. The van der Waals surface area contributed by atoms with E-state index in [-0.39, 0.29) is 15.6 Å². The summed E-state index contributed by atoms with van der Waals surface area (Å²) in [4.78, 5) is 12.1. The molecule has 9 heteroatoms. The third kappa shape index (κ3) is 4.21. The number of nitriles is 1. The minimum atomic E-state index is -4.95. The number of rotatable bonds is 3. The first-order valence-electron chi connectivity index (χ1n) is 6.66. The van der Waals surface area contributed by atoms with Crippen LogP contribution < -0.4 is 5.32 Å². The predicted molar refractivity (Wildman–Crippen MR) is 83.7 cm³/mol. The number of hydrogen-bond donors (Lipinski definition) is 1. The summed E-state index contributed by atoms with van der Waals surface area (Å²) in [6, 6.07) is 6.72. The molecule has 0 fully saturated rings. The Morgan fingerprint density at radius 2 is 1.88 bits per heavy atom. The van der Waals surface area contributed by atoms with Crippen LogP contribution in [0.3, 0.4) is 0 Å². The maximum absolute atomic E-state index is 13.3. The Morgan fingerprint density at radius 3 is 2.48 bits per heavy atom. The minimum absolute atomic E-state index is 0.0334. The number of carbonyl (C=O) groups excluding carboxylic acids is 1. The summed E-state index contributed by atoms with van der Waals surface area (Å²) >= 11 is 11.8. The van der Waals surface area contributed by atoms with Gasteiger partial charge < -0.3 is 5.32 Å². The maximum Gasteiger partial charge on any atom is 0.419 e. The smallest absolute Gasteiger partial charge is 0.332 e. The third-order valence-corrected chi connectivity index (χ3v) is 4.06. The van der Waals surface area contributed by atoms with Gasteiger partial charge in [0, 0.05) is 11.1 Å². The molecule has 0 bridgehead atoms. The lowest BCUT2D eigenvalue weighted by atomic mass is 10.1. The zero-order valence-electron chi connectivity index (χ0n) is 12.2. The van der Waals surface area contributed by atoms with Crippen LogP contribution in [0.2, 0.25) is 10.0 Å². The highest BCUT2D eigenvalue weighted by atomic mass is 35.5. The molecule has 0 aliphatic rings. The highest BCUT2D eigenvalue weighted by Crippen LogP contribution is 2.32. The Balaban J connectivity index is 2.32. The van der Waals surface area contributed by atoms with E-state index < -0.39 is 35.1 Å². The van der Waals surface area contributed by atoms with Crippen LogP contribution in [0.5, 0.6) is 0 Å². The number of benzene rings is 2. The second kappa shape index (κ2) is 7.30. The standard InChI is InChI=1S/C16H8Cl2F4N2O/c17-11-3-1-2-9(14(11)18)13(7-23)24-15(25)8-4-5-12(19)10(6-8)16(20,21)22/h1-6,13H,(H,24,25). The molecular weight excluding hydrogens is 383 g/mol. The summed E-state index contributed by atoms with van der Waals surface area (Å²) in [5.41, 5.74) is -1.84. The molecule has 0 radical (unpaired) electrons. The molecule has 1 atom stereocenters. The van der Waals surface area contributed by atoms with Crippen LogP contribution in [0.25, 0.3) is 0 Å². The van der Waals surface area contributed by atoms with Gasteiger partial charge in [-0.2, -0.15) is 18.4 Å². The van der Waals surface area contributed by atoms with Gasteiger partial charge in [0.05, 0.1) is 21.7 Å². The number of carbonyl (C=O) groups is 1. The normalized spacial score (nSPS) is 12.4. The lowest BCUT2D eigenvalue weighted by Gasteiger charge is -2.15. The van der Waals surface area contributed by atoms with Crippen molar-refractivity contribution in [2.75, 3.05) is 0 Å². The molecule has 25 heavy (non-hydrogen) atoms. The lowest BCUT2D eigenvalue weighted by molar-refractivity contribution is -0.140. The number of hydrogen-bond acceptors (Lipinski definition) is 2. The Bertz CT molecular complexity index is 862. The van der Waals surface area contributed by atoms with Crippen molar-refractivity contribution in [1.29, 1.82) is 5.26 Å². The molecule has 0 heterocycles. The van der Waals surface area contributed by atoms with Crippen LogP contribution >= 0.6 is 23.2 Å². The van der Waals surface area contributed by atoms with Crippen molar-refractivity contribution in [3.63, 3.8) is 0 Å². The second-order valence-electron chi connectivity index (χ2n) is 4.87. The Kier molecular flexibility index (Phi) is 5.55. The highest BCUT2D eigenvalue weighted by molar-refractivity contribution is 6.42. The molecule has 0 aliphatic carbocycles. The fraction of sp³-hybridized carbons (Fsp3) is 0.125. The van der Waals surface area contributed by atoms with Crippen molar-refractivity contribution in [2.24, 2.45) is 0 Å². The first-order chi connectivity index (χ1) is 11.6. The molecular formula is C16H8Cl2F4N2O. The van der Waals surface area contributed by atoms with E-state index >= 15 is 0 Å². The van der Waals surface area contributed by atoms with Crippen LogP contribution in [0.4, 0.5) is 17.6 Å². The molecule has 2 aromatic carbocycles. The highest BCUT2D eigenvalue weighted by Gasteiger charge is 2.34. The third-order valence-electron chi connectivity index (χ3n) is 3.23. The van der Waals surface area contributed by atoms with E-state index in [9.17, 15) is 27.6 Å². The summed E-state index contributed by atoms with van der Waals surface area (Å²) in [6.45, 7) is 0. The van der Waals surface area contributed by atoms with Crippen molar-refractivity contribution in [3.05, 3.63) is 69.0 Å². The molecule has 3 nitrogen and oxygen atoms in total. The van der Waals surface area contributed by atoms with Crippen molar-refractivity contribution in [1.82, 2.24) is 5.32 Å². The van der Waals surface area contributed by atoms with Gasteiger partial charge in [0.15, 0.2) is 0 Å². The molecule has 0 saturated heterocycles. The van der Waals surface area contributed by atoms with Crippen molar-refractivity contribution >= 4 is 29.1 Å². The first kappa shape index (κ1) is 19.0. The van der Waals surface area contributed by atoms with Crippen molar-refractivity contribution in [2.45, 2.75) is 12.2 Å². The minimum Gasteiger partial charge on any atom is -0.332 e. The second-order valence-corrected chi connectivity index (χ2v) is 5.66. The van der Waals surface area contributed by atoms with E-state index in [0.717, 1.165) is 6.07 Å². The van der Waals surface area contributed by atoms with Gasteiger partial charge in [-0.3, -0.25) is 4.79 Å². The van der Waals surface area contributed by atoms with Gasteiger partial charge in [-0.15, -0.1) is 0 Å². The molecule has 0 saturated carbocycles. The Labute approximate surface area is 149 Å². The summed E-state index contributed by atoms with van der Waals surface area (Å²) in [7, 11) is 0. The summed E-state index contributed by atoms with van der Waals surface area (Å²) in [6.07, 6.45) is -4.95. The van der Waals surface area contributed by atoms with Crippen LogP contribution in [0.1, 0.15) is 27.5 Å². The summed E-state index contributed by atoms with van der Waals surface area (Å²) < 4.78 is 51.5. The summed E-state index contributed by atoms with van der Waals surface area (Å²) in [5, 5.41) is 11.6.